The Balaban J connectivity index is 2.18. The number of rotatable bonds is 4. The average molecular weight is 252 g/mol. The van der Waals surface area contributed by atoms with Gasteiger partial charge < -0.3 is 4.52 Å². The van der Waals surface area contributed by atoms with Crippen molar-refractivity contribution in [2.75, 3.05) is 0 Å². The maximum Gasteiger partial charge on any atom is 0.296 e. The zero-order valence-corrected chi connectivity index (χ0v) is 9.56. The van der Waals surface area contributed by atoms with Crippen LogP contribution in [0.15, 0.2) is 28.8 Å². The number of benzene rings is 1. The van der Waals surface area contributed by atoms with Gasteiger partial charge >= 0.3 is 0 Å². The van der Waals surface area contributed by atoms with E-state index in [1.807, 2.05) is 25.1 Å². The number of ketones is 1. The molecule has 2 aromatic rings. The van der Waals surface area contributed by atoms with E-state index in [1.54, 1.807) is 6.07 Å². The summed E-state index contributed by atoms with van der Waals surface area (Å²) in [6, 6.07) is 7.34. The SMILES string of the molecule is Cc1cccc(-c2noc(CC(=O)C(F)F)n2)c1. The van der Waals surface area contributed by atoms with Gasteiger partial charge in [0.15, 0.2) is 0 Å². The summed E-state index contributed by atoms with van der Waals surface area (Å²) in [5, 5.41) is 3.66. The number of Topliss-reactive ketones (excluding diaryl/α,β-unsaturated/α-hetero) is 1. The van der Waals surface area contributed by atoms with Crippen molar-refractivity contribution >= 4 is 5.78 Å². The van der Waals surface area contributed by atoms with Gasteiger partial charge in [0.2, 0.25) is 17.5 Å². The molecule has 1 aromatic heterocycles. The second-order valence-electron chi connectivity index (χ2n) is 3.82. The number of aromatic nitrogens is 2. The highest BCUT2D eigenvalue weighted by Gasteiger charge is 2.19. The van der Waals surface area contributed by atoms with Crippen molar-refractivity contribution in [1.82, 2.24) is 10.1 Å². The lowest BCUT2D eigenvalue weighted by atomic mass is 10.1. The molecule has 0 saturated heterocycles. The molecule has 0 radical (unpaired) electrons. The first-order valence-electron chi connectivity index (χ1n) is 5.27. The van der Waals surface area contributed by atoms with E-state index in [2.05, 4.69) is 10.1 Å². The second kappa shape index (κ2) is 5.03. The molecule has 0 spiro atoms. The van der Waals surface area contributed by atoms with Crippen LogP contribution in [-0.2, 0) is 11.2 Å². The number of carbonyl (C=O) groups excluding carboxylic acids is 1. The standard InChI is InChI=1S/C12H10F2N2O2/c1-7-3-2-4-8(5-7)12-15-10(18-16-12)6-9(17)11(13)14/h2-5,11H,6H2,1H3. The van der Waals surface area contributed by atoms with E-state index < -0.39 is 18.6 Å². The lowest BCUT2D eigenvalue weighted by Gasteiger charge is -1.95. The van der Waals surface area contributed by atoms with E-state index in [0.717, 1.165) is 11.1 Å². The highest BCUT2D eigenvalue weighted by Crippen LogP contribution is 2.17. The molecule has 0 aliphatic carbocycles. The first-order valence-corrected chi connectivity index (χ1v) is 5.27. The van der Waals surface area contributed by atoms with Crippen molar-refractivity contribution in [1.29, 1.82) is 0 Å². The lowest BCUT2D eigenvalue weighted by molar-refractivity contribution is -0.129. The third-order valence-electron chi connectivity index (χ3n) is 2.31. The summed E-state index contributed by atoms with van der Waals surface area (Å²) in [6.07, 6.45) is -3.56. The third kappa shape index (κ3) is 2.77. The molecule has 0 amide bonds. The molecule has 0 bridgehead atoms. The van der Waals surface area contributed by atoms with Gasteiger partial charge in [0.1, 0.15) is 0 Å². The highest BCUT2D eigenvalue weighted by atomic mass is 19.3. The minimum atomic E-state index is -3.01. The Labute approximate surface area is 102 Å². The van der Waals surface area contributed by atoms with E-state index in [9.17, 15) is 13.6 Å². The predicted molar refractivity (Wildman–Crippen MR) is 59.2 cm³/mol. The molecule has 0 aliphatic heterocycles. The number of alkyl halides is 2. The van der Waals surface area contributed by atoms with E-state index >= 15 is 0 Å². The maximum atomic E-state index is 12.1. The third-order valence-corrected chi connectivity index (χ3v) is 2.31. The Morgan fingerprint density at radius 3 is 2.89 bits per heavy atom. The van der Waals surface area contributed by atoms with Crippen molar-refractivity contribution in [3.8, 4) is 11.4 Å². The van der Waals surface area contributed by atoms with Gasteiger partial charge in [-0.15, -0.1) is 0 Å². The molecule has 0 atom stereocenters. The number of hydrogen-bond acceptors (Lipinski definition) is 4. The van der Waals surface area contributed by atoms with Crippen molar-refractivity contribution in [3.63, 3.8) is 0 Å². The van der Waals surface area contributed by atoms with Gasteiger partial charge in [-0.1, -0.05) is 28.9 Å². The van der Waals surface area contributed by atoms with E-state index in [-0.39, 0.29) is 11.7 Å². The van der Waals surface area contributed by atoms with Crippen LogP contribution < -0.4 is 0 Å². The Morgan fingerprint density at radius 1 is 1.44 bits per heavy atom. The molecule has 18 heavy (non-hydrogen) atoms. The van der Waals surface area contributed by atoms with Crippen LogP contribution in [0.3, 0.4) is 0 Å². The maximum absolute atomic E-state index is 12.1. The van der Waals surface area contributed by atoms with Crippen molar-refractivity contribution in [2.24, 2.45) is 0 Å². The number of carbonyl (C=O) groups is 1. The Morgan fingerprint density at radius 2 is 2.22 bits per heavy atom. The number of aryl methyl sites for hydroxylation is 1. The fourth-order valence-electron chi connectivity index (χ4n) is 1.45. The van der Waals surface area contributed by atoms with E-state index in [0.29, 0.717) is 0 Å². The smallest absolute Gasteiger partial charge is 0.296 e. The average Bonchev–Trinajstić information content (AvgIpc) is 2.77. The quantitative estimate of drug-likeness (QED) is 0.838. The predicted octanol–water partition coefficient (Wildman–Crippen LogP) is 2.42. The number of halogens is 2. The molecule has 0 N–H and O–H groups in total. The molecule has 1 heterocycles. The van der Waals surface area contributed by atoms with E-state index in [1.165, 1.54) is 0 Å². The number of hydrogen-bond donors (Lipinski definition) is 0. The van der Waals surface area contributed by atoms with Crippen molar-refractivity contribution in [3.05, 3.63) is 35.7 Å². The summed E-state index contributed by atoms with van der Waals surface area (Å²) in [6.45, 7) is 1.91. The van der Waals surface area contributed by atoms with Gasteiger partial charge in [-0.2, -0.15) is 4.98 Å². The van der Waals surface area contributed by atoms with Gasteiger partial charge in [-0.25, -0.2) is 8.78 Å². The number of nitrogens with zero attached hydrogens (tertiary/aromatic N) is 2. The van der Waals surface area contributed by atoms with Gasteiger partial charge in [-0.05, 0) is 13.0 Å². The zero-order chi connectivity index (χ0) is 13.1. The summed E-state index contributed by atoms with van der Waals surface area (Å²) in [5.41, 5.74) is 1.73. The van der Waals surface area contributed by atoms with Crippen LogP contribution in [0.1, 0.15) is 11.5 Å². The Hall–Kier alpha value is -2.11. The molecule has 0 aliphatic rings. The van der Waals surface area contributed by atoms with Crippen LogP contribution in [0.2, 0.25) is 0 Å². The summed E-state index contributed by atoms with van der Waals surface area (Å²) in [4.78, 5) is 14.7. The molecule has 0 unspecified atom stereocenters. The fraction of sp³-hybridized carbons (Fsp3) is 0.250. The fourth-order valence-corrected chi connectivity index (χ4v) is 1.45. The lowest BCUT2D eigenvalue weighted by Crippen LogP contribution is -2.12. The molecule has 0 saturated carbocycles. The summed E-state index contributed by atoms with van der Waals surface area (Å²) in [5.74, 6) is -1.04. The van der Waals surface area contributed by atoms with Gasteiger partial charge in [-0.3, -0.25) is 4.79 Å². The Bertz CT molecular complexity index is 567. The minimum Gasteiger partial charge on any atom is -0.338 e. The van der Waals surface area contributed by atoms with Crippen LogP contribution in [0, 0.1) is 6.92 Å². The Kier molecular flexibility index (Phi) is 3.45. The first-order chi connectivity index (χ1) is 8.56. The largest absolute Gasteiger partial charge is 0.338 e. The van der Waals surface area contributed by atoms with Crippen LogP contribution in [0.25, 0.3) is 11.4 Å². The van der Waals surface area contributed by atoms with Crippen molar-refractivity contribution < 1.29 is 18.1 Å². The summed E-state index contributed by atoms with van der Waals surface area (Å²) >= 11 is 0. The van der Waals surface area contributed by atoms with Crippen LogP contribution in [-0.4, -0.2) is 22.3 Å². The molecule has 0 fully saturated rings. The molecular weight excluding hydrogens is 242 g/mol. The van der Waals surface area contributed by atoms with Crippen LogP contribution in [0.5, 0.6) is 0 Å². The highest BCUT2D eigenvalue weighted by molar-refractivity contribution is 5.83. The molecular formula is C12H10F2N2O2. The summed E-state index contributed by atoms with van der Waals surface area (Å²) in [7, 11) is 0. The van der Waals surface area contributed by atoms with Gasteiger partial charge in [0.05, 0.1) is 6.42 Å². The molecule has 94 valence electrons. The van der Waals surface area contributed by atoms with Crippen LogP contribution >= 0.6 is 0 Å². The van der Waals surface area contributed by atoms with Crippen LogP contribution in [0.4, 0.5) is 8.78 Å². The normalized spacial score (nSPS) is 10.9. The topological polar surface area (TPSA) is 56.0 Å². The minimum absolute atomic E-state index is 0.100. The van der Waals surface area contributed by atoms with E-state index in [4.69, 9.17) is 4.52 Å². The first kappa shape index (κ1) is 12.3. The molecule has 6 heteroatoms. The monoisotopic (exact) mass is 252 g/mol. The molecule has 1 aromatic carbocycles. The van der Waals surface area contributed by atoms with Gasteiger partial charge in [0.25, 0.3) is 6.43 Å². The second-order valence-corrected chi connectivity index (χ2v) is 3.82. The zero-order valence-electron chi connectivity index (χ0n) is 9.56. The molecule has 4 nitrogen and oxygen atoms in total. The summed E-state index contributed by atoms with van der Waals surface area (Å²) < 4.78 is 28.9. The molecule has 2 rings (SSSR count). The van der Waals surface area contributed by atoms with Crippen molar-refractivity contribution in [2.45, 2.75) is 19.8 Å². The van der Waals surface area contributed by atoms with Gasteiger partial charge in [0, 0.05) is 5.56 Å².